The first-order valence-corrected chi connectivity index (χ1v) is 10.8. The number of ether oxygens (including phenoxy) is 1. The topological polar surface area (TPSA) is 67.4 Å². The summed E-state index contributed by atoms with van der Waals surface area (Å²) < 4.78 is 5.58. The molecule has 2 N–H and O–H groups in total. The summed E-state index contributed by atoms with van der Waals surface area (Å²) in [5.41, 5.74) is 5.72. The Hall–Kier alpha value is -3.34. The Balaban J connectivity index is 1.77. The van der Waals surface area contributed by atoms with E-state index in [0.29, 0.717) is 18.6 Å². The van der Waals surface area contributed by atoms with Gasteiger partial charge in [0.05, 0.1) is 6.61 Å². The average molecular weight is 417 g/mol. The summed E-state index contributed by atoms with van der Waals surface area (Å²) in [6, 6.07) is 15.4. The first kappa shape index (κ1) is 20.9. The van der Waals surface area contributed by atoms with Crippen molar-refractivity contribution in [3.8, 4) is 5.75 Å². The van der Waals surface area contributed by atoms with Crippen LogP contribution in [0.5, 0.6) is 5.75 Å². The van der Waals surface area contributed by atoms with E-state index >= 15 is 0 Å². The molecule has 2 aliphatic rings. The second kappa shape index (κ2) is 8.80. The molecule has 5 nitrogen and oxygen atoms in total. The number of benzene rings is 2. The highest BCUT2D eigenvalue weighted by molar-refractivity contribution is 6.10. The third-order valence-corrected chi connectivity index (χ3v) is 5.94. The summed E-state index contributed by atoms with van der Waals surface area (Å²) in [7, 11) is 0. The number of nitrogens with one attached hydrogen (secondary N) is 2. The van der Waals surface area contributed by atoms with Crippen LogP contribution in [0.3, 0.4) is 0 Å². The molecule has 0 radical (unpaired) electrons. The molecule has 2 aromatic carbocycles. The molecule has 0 saturated carbocycles. The summed E-state index contributed by atoms with van der Waals surface area (Å²) in [5.74, 6) is 0.296. The molecule has 1 atom stereocenters. The minimum Gasteiger partial charge on any atom is -0.494 e. The van der Waals surface area contributed by atoms with Crippen LogP contribution >= 0.6 is 0 Å². The number of anilines is 1. The van der Waals surface area contributed by atoms with Crippen LogP contribution < -0.4 is 15.4 Å². The number of carbonyl (C=O) groups excluding carboxylic acids is 2. The monoisotopic (exact) mass is 416 g/mol. The number of carbonyl (C=O) groups is 2. The standard InChI is InChI=1S/C26H28N2O3/c1-4-31-19-14-12-18(13-15-19)24-23(26(30)28-20-9-6-5-8-16(20)2)17(3)27-21-10-7-11-22(29)25(21)24/h5-6,8-9,12-15,24,27H,4,7,10-11H2,1-3H3,(H,28,30)/t24-/m0/s1. The molecule has 2 aromatic rings. The SMILES string of the molecule is CCOc1ccc([C@H]2C(C(=O)Nc3ccccc3C)=C(C)NC3=C2C(=O)CCC3)cc1. The van der Waals surface area contributed by atoms with Gasteiger partial charge in [-0.15, -0.1) is 0 Å². The van der Waals surface area contributed by atoms with Crippen LogP contribution in [0, 0.1) is 6.92 Å². The Morgan fingerprint density at radius 3 is 2.55 bits per heavy atom. The fraction of sp³-hybridized carbons (Fsp3) is 0.308. The van der Waals surface area contributed by atoms with E-state index in [0.717, 1.165) is 52.4 Å². The number of rotatable bonds is 5. The Morgan fingerprint density at radius 1 is 1.10 bits per heavy atom. The second-order valence-electron chi connectivity index (χ2n) is 8.04. The van der Waals surface area contributed by atoms with E-state index in [9.17, 15) is 9.59 Å². The fourth-order valence-corrected chi connectivity index (χ4v) is 4.44. The van der Waals surface area contributed by atoms with Crippen molar-refractivity contribution in [2.75, 3.05) is 11.9 Å². The molecule has 0 saturated heterocycles. The molecule has 5 heteroatoms. The molecule has 1 heterocycles. The smallest absolute Gasteiger partial charge is 0.254 e. The van der Waals surface area contributed by atoms with Crippen molar-refractivity contribution in [2.45, 2.75) is 46.0 Å². The highest BCUT2D eigenvalue weighted by atomic mass is 16.5. The maximum atomic E-state index is 13.5. The van der Waals surface area contributed by atoms with Crippen LogP contribution in [0.4, 0.5) is 5.69 Å². The molecule has 0 fully saturated rings. The van der Waals surface area contributed by atoms with Gasteiger partial charge >= 0.3 is 0 Å². The molecule has 0 bridgehead atoms. The molecule has 1 amide bonds. The van der Waals surface area contributed by atoms with Gasteiger partial charge in [-0.05, 0) is 62.9 Å². The number of dihydropyridines is 1. The summed E-state index contributed by atoms with van der Waals surface area (Å²) in [6.45, 7) is 6.41. The Labute approximate surface area is 183 Å². The average Bonchev–Trinajstić information content (AvgIpc) is 2.75. The van der Waals surface area contributed by atoms with Gasteiger partial charge in [-0.25, -0.2) is 0 Å². The molecular formula is C26H28N2O3. The molecule has 4 rings (SSSR count). The normalized spacial score (nSPS) is 18.4. The highest BCUT2D eigenvalue weighted by Gasteiger charge is 2.38. The second-order valence-corrected chi connectivity index (χ2v) is 8.04. The van der Waals surface area contributed by atoms with Gasteiger partial charge < -0.3 is 15.4 Å². The lowest BCUT2D eigenvalue weighted by molar-refractivity contribution is -0.116. The number of Topliss-reactive ketones (excluding diaryl/α,β-unsaturated/α-hetero) is 1. The number of ketones is 1. The summed E-state index contributed by atoms with van der Waals surface area (Å²) in [4.78, 5) is 26.5. The third-order valence-electron chi connectivity index (χ3n) is 5.94. The van der Waals surface area contributed by atoms with Crippen LogP contribution in [0.15, 0.2) is 71.1 Å². The zero-order valence-corrected chi connectivity index (χ0v) is 18.2. The van der Waals surface area contributed by atoms with Crippen LogP contribution in [-0.4, -0.2) is 18.3 Å². The first-order chi connectivity index (χ1) is 15.0. The number of aryl methyl sites for hydroxylation is 1. The van der Waals surface area contributed by atoms with E-state index in [-0.39, 0.29) is 11.7 Å². The van der Waals surface area contributed by atoms with Crippen molar-refractivity contribution >= 4 is 17.4 Å². The maximum absolute atomic E-state index is 13.5. The predicted octanol–water partition coefficient (Wildman–Crippen LogP) is 5.00. The van der Waals surface area contributed by atoms with E-state index in [1.165, 1.54) is 0 Å². The van der Waals surface area contributed by atoms with Crippen molar-refractivity contribution in [3.05, 3.63) is 82.2 Å². The molecule has 1 aliphatic carbocycles. The molecule has 0 spiro atoms. The number of hydrogen-bond acceptors (Lipinski definition) is 4. The quantitative estimate of drug-likeness (QED) is 0.720. The predicted molar refractivity (Wildman–Crippen MR) is 122 cm³/mol. The molecule has 160 valence electrons. The number of para-hydroxylation sites is 1. The Bertz CT molecular complexity index is 1080. The molecule has 0 aromatic heterocycles. The van der Waals surface area contributed by atoms with Crippen molar-refractivity contribution in [1.29, 1.82) is 0 Å². The largest absolute Gasteiger partial charge is 0.494 e. The van der Waals surface area contributed by atoms with Crippen molar-refractivity contribution < 1.29 is 14.3 Å². The number of allylic oxidation sites excluding steroid dienone is 3. The lowest BCUT2D eigenvalue weighted by Gasteiger charge is -2.34. The highest BCUT2D eigenvalue weighted by Crippen LogP contribution is 2.42. The van der Waals surface area contributed by atoms with Gasteiger partial charge in [0, 0.05) is 40.6 Å². The summed E-state index contributed by atoms with van der Waals surface area (Å²) in [6.07, 6.45) is 2.16. The van der Waals surface area contributed by atoms with Crippen LogP contribution in [-0.2, 0) is 9.59 Å². The van der Waals surface area contributed by atoms with Gasteiger partial charge in [-0.3, -0.25) is 9.59 Å². The molecule has 31 heavy (non-hydrogen) atoms. The lowest BCUT2D eigenvalue weighted by atomic mass is 9.75. The number of amides is 1. The zero-order chi connectivity index (χ0) is 22.0. The van der Waals surface area contributed by atoms with Crippen molar-refractivity contribution in [2.24, 2.45) is 0 Å². The summed E-state index contributed by atoms with van der Waals surface area (Å²) in [5, 5.41) is 6.42. The van der Waals surface area contributed by atoms with E-state index < -0.39 is 5.92 Å². The fourth-order valence-electron chi connectivity index (χ4n) is 4.44. The molecular weight excluding hydrogens is 388 g/mol. The maximum Gasteiger partial charge on any atom is 0.254 e. The van der Waals surface area contributed by atoms with Crippen molar-refractivity contribution in [3.63, 3.8) is 0 Å². The summed E-state index contributed by atoms with van der Waals surface area (Å²) >= 11 is 0. The zero-order valence-electron chi connectivity index (χ0n) is 18.2. The van der Waals surface area contributed by atoms with E-state index in [2.05, 4.69) is 10.6 Å². The van der Waals surface area contributed by atoms with Gasteiger partial charge in [0.1, 0.15) is 5.75 Å². The van der Waals surface area contributed by atoms with E-state index in [4.69, 9.17) is 4.74 Å². The number of hydrogen-bond donors (Lipinski definition) is 2. The van der Waals surface area contributed by atoms with Gasteiger partial charge in [-0.2, -0.15) is 0 Å². The Kier molecular flexibility index (Phi) is 5.94. The minimum atomic E-state index is -0.399. The minimum absolute atomic E-state index is 0.112. The van der Waals surface area contributed by atoms with Crippen LogP contribution in [0.25, 0.3) is 0 Å². The van der Waals surface area contributed by atoms with E-state index in [1.807, 2.05) is 69.3 Å². The van der Waals surface area contributed by atoms with Gasteiger partial charge in [-0.1, -0.05) is 30.3 Å². The lowest BCUT2D eigenvalue weighted by Crippen LogP contribution is -2.35. The van der Waals surface area contributed by atoms with Gasteiger partial charge in [0.15, 0.2) is 5.78 Å². The van der Waals surface area contributed by atoms with Crippen LogP contribution in [0.2, 0.25) is 0 Å². The first-order valence-electron chi connectivity index (χ1n) is 10.8. The Morgan fingerprint density at radius 2 is 1.84 bits per heavy atom. The van der Waals surface area contributed by atoms with E-state index in [1.54, 1.807) is 0 Å². The van der Waals surface area contributed by atoms with Crippen LogP contribution in [0.1, 0.15) is 50.2 Å². The third kappa shape index (κ3) is 4.13. The van der Waals surface area contributed by atoms with Crippen molar-refractivity contribution in [1.82, 2.24) is 5.32 Å². The molecule has 1 aliphatic heterocycles. The van der Waals surface area contributed by atoms with Gasteiger partial charge in [0.25, 0.3) is 5.91 Å². The molecule has 0 unspecified atom stereocenters. The van der Waals surface area contributed by atoms with Gasteiger partial charge in [0.2, 0.25) is 0 Å².